The molecule has 18 heavy (non-hydrogen) atoms. The first-order valence-corrected chi connectivity index (χ1v) is 7.94. The van der Waals surface area contributed by atoms with Gasteiger partial charge in [0.15, 0.2) is 0 Å². The van der Waals surface area contributed by atoms with Crippen molar-refractivity contribution in [3.8, 4) is 0 Å². The number of hydrogen-bond acceptors (Lipinski definition) is 3. The van der Waals surface area contributed by atoms with Gasteiger partial charge in [0.05, 0.1) is 15.6 Å². The molecule has 0 aliphatic heterocycles. The lowest BCUT2D eigenvalue weighted by Gasteiger charge is -2.08. The topological polar surface area (TPSA) is 74.8 Å². The van der Waals surface area contributed by atoms with Crippen molar-refractivity contribution >= 4 is 47.7 Å². The van der Waals surface area contributed by atoms with Crippen LogP contribution in [0, 0.1) is 6.92 Å². The molecule has 1 aromatic heterocycles. The highest BCUT2D eigenvalue weighted by atomic mass is 79.9. The van der Waals surface area contributed by atoms with Gasteiger partial charge >= 0.3 is 0 Å². The molecule has 2 aromatic rings. The molecule has 96 valence electrons. The standard InChI is InChI=1S/C10H9Br2N3O2S/c1-6-2-7(11)4-8(3-6)18(16,17)15-10-9(12)5-13-14-10/h2-5H,1H3,(H2,13,14,15). The van der Waals surface area contributed by atoms with Crippen LogP contribution in [-0.4, -0.2) is 18.6 Å². The van der Waals surface area contributed by atoms with E-state index in [9.17, 15) is 8.42 Å². The van der Waals surface area contributed by atoms with Crippen molar-refractivity contribution in [2.75, 3.05) is 4.72 Å². The molecule has 0 unspecified atom stereocenters. The van der Waals surface area contributed by atoms with E-state index in [-0.39, 0.29) is 4.90 Å². The Morgan fingerprint density at radius 2 is 2.00 bits per heavy atom. The van der Waals surface area contributed by atoms with Crippen LogP contribution >= 0.6 is 31.9 Å². The van der Waals surface area contributed by atoms with E-state index in [0.717, 1.165) is 5.56 Å². The lowest BCUT2D eigenvalue weighted by Crippen LogP contribution is -2.13. The minimum atomic E-state index is -3.63. The Morgan fingerprint density at radius 3 is 2.56 bits per heavy atom. The van der Waals surface area contributed by atoms with Gasteiger partial charge in [-0.2, -0.15) is 5.10 Å². The van der Waals surface area contributed by atoms with Crippen LogP contribution in [0.1, 0.15) is 5.56 Å². The Morgan fingerprint density at radius 1 is 1.28 bits per heavy atom. The van der Waals surface area contributed by atoms with Crippen LogP contribution in [0.25, 0.3) is 0 Å². The third-order valence-electron chi connectivity index (χ3n) is 2.16. The Bertz CT molecular complexity index is 662. The second-order valence-corrected chi connectivity index (χ2v) is 7.12. The van der Waals surface area contributed by atoms with Crippen LogP contribution in [0.4, 0.5) is 5.82 Å². The Labute approximate surface area is 121 Å². The van der Waals surface area contributed by atoms with Gasteiger partial charge in [-0.05, 0) is 46.6 Å². The van der Waals surface area contributed by atoms with Crippen LogP contribution < -0.4 is 4.72 Å². The Hall–Kier alpha value is -0.860. The highest BCUT2D eigenvalue weighted by molar-refractivity contribution is 9.10. The molecule has 1 aromatic carbocycles. The first kappa shape index (κ1) is 13.6. The average Bonchev–Trinajstić information content (AvgIpc) is 2.62. The maximum absolute atomic E-state index is 12.2. The summed E-state index contributed by atoms with van der Waals surface area (Å²) in [5.41, 5.74) is 0.855. The largest absolute Gasteiger partial charge is 0.263 e. The number of H-pyrrole nitrogens is 1. The summed E-state index contributed by atoms with van der Waals surface area (Å²) in [7, 11) is -3.63. The number of rotatable bonds is 3. The van der Waals surface area contributed by atoms with Crippen molar-refractivity contribution < 1.29 is 8.42 Å². The van der Waals surface area contributed by atoms with Crippen LogP contribution in [0.15, 0.2) is 38.2 Å². The summed E-state index contributed by atoms with van der Waals surface area (Å²) < 4.78 is 28.0. The van der Waals surface area contributed by atoms with E-state index in [1.165, 1.54) is 6.20 Å². The number of benzene rings is 1. The minimum absolute atomic E-state index is 0.191. The fourth-order valence-corrected chi connectivity index (χ4v) is 3.74. The van der Waals surface area contributed by atoms with E-state index in [0.29, 0.717) is 14.8 Å². The van der Waals surface area contributed by atoms with E-state index in [4.69, 9.17) is 0 Å². The summed E-state index contributed by atoms with van der Waals surface area (Å²) in [6.07, 6.45) is 1.48. The maximum Gasteiger partial charge on any atom is 0.263 e. The fourth-order valence-electron chi connectivity index (χ4n) is 1.39. The lowest BCUT2D eigenvalue weighted by molar-refractivity contribution is 0.601. The first-order chi connectivity index (χ1) is 8.38. The molecule has 0 aliphatic carbocycles. The highest BCUT2D eigenvalue weighted by Crippen LogP contribution is 2.24. The summed E-state index contributed by atoms with van der Waals surface area (Å²) in [6.45, 7) is 1.83. The quantitative estimate of drug-likeness (QED) is 0.839. The van der Waals surface area contributed by atoms with Gasteiger partial charge in [-0.25, -0.2) is 8.42 Å². The molecule has 0 fully saturated rings. The molecule has 0 radical (unpaired) electrons. The van der Waals surface area contributed by atoms with Gasteiger partial charge in [0.1, 0.15) is 5.82 Å². The SMILES string of the molecule is Cc1cc(Br)cc(S(=O)(=O)Nc2[nH]ncc2Br)c1. The molecule has 0 spiro atoms. The number of halogens is 2. The Kier molecular flexibility index (Phi) is 3.79. The Balaban J connectivity index is 2.40. The third-order valence-corrected chi connectivity index (χ3v) is 4.54. The highest BCUT2D eigenvalue weighted by Gasteiger charge is 2.17. The van der Waals surface area contributed by atoms with Crippen molar-refractivity contribution in [1.29, 1.82) is 0 Å². The van der Waals surface area contributed by atoms with E-state index in [1.54, 1.807) is 12.1 Å². The summed E-state index contributed by atoms with van der Waals surface area (Å²) in [5.74, 6) is 0.299. The van der Waals surface area contributed by atoms with Gasteiger partial charge < -0.3 is 0 Å². The molecule has 1 heterocycles. The average molecular weight is 395 g/mol. The summed E-state index contributed by atoms with van der Waals surface area (Å²) in [4.78, 5) is 0.191. The molecule has 0 amide bonds. The van der Waals surface area contributed by atoms with Gasteiger partial charge in [0.2, 0.25) is 0 Å². The number of hydrogen-bond donors (Lipinski definition) is 2. The van der Waals surface area contributed by atoms with Crippen molar-refractivity contribution in [2.24, 2.45) is 0 Å². The number of nitrogens with zero attached hydrogens (tertiary/aromatic N) is 1. The van der Waals surface area contributed by atoms with Crippen molar-refractivity contribution in [1.82, 2.24) is 10.2 Å². The van der Waals surface area contributed by atoms with Gasteiger partial charge in [-0.15, -0.1) is 0 Å². The zero-order valence-electron chi connectivity index (χ0n) is 9.24. The van der Waals surface area contributed by atoms with E-state index < -0.39 is 10.0 Å². The molecule has 0 aliphatic rings. The first-order valence-electron chi connectivity index (χ1n) is 4.87. The fraction of sp³-hybridized carbons (Fsp3) is 0.100. The predicted octanol–water partition coefficient (Wildman–Crippen LogP) is 3.04. The van der Waals surface area contributed by atoms with Crippen LogP contribution in [0.5, 0.6) is 0 Å². The summed E-state index contributed by atoms with van der Waals surface area (Å²) >= 11 is 6.47. The maximum atomic E-state index is 12.2. The van der Waals surface area contributed by atoms with Gasteiger partial charge in [-0.3, -0.25) is 9.82 Å². The summed E-state index contributed by atoms with van der Waals surface area (Å²) in [6, 6.07) is 4.97. The number of aromatic nitrogens is 2. The second kappa shape index (κ2) is 5.02. The number of anilines is 1. The predicted molar refractivity (Wildman–Crippen MR) is 76.0 cm³/mol. The molecule has 0 bridgehead atoms. The second-order valence-electron chi connectivity index (χ2n) is 3.66. The van der Waals surface area contributed by atoms with Crippen molar-refractivity contribution in [3.63, 3.8) is 0 Å². The van der Waals surface area contributed by atoms with E-state index in [2.05, 4.69) is 46.8 Å². The molecule has 0 atom stereocenters. The molecule has 2 N–H and O–H groups in total. The molecular formula is C10H9Br2N3O2S. The van der Waals surface area contributed by atoms with Crippen LogP contribution in [-0.2, 0) is 10.0 Å². The number of aryl methyl sites for hydroxylation is 1. The summed E-state index contributed by atoms with van der Waals surface area (Å²) in [5, 5.41) is 6.29. The molecule has 0 saturated carbocycles. The molecular weight excluding hydrogens is 386 g/mol. The lowest BCUT2D eigenvalue weighted by atomic mass is 10.2. The van der Waals surface area contributed by atoms with Gasteiger partial charge in [-0.1, -0.05) is 15.9 Å². The van der Waals surface area contributed by atoms with Crippen molar-refractivity contribution in [2.45, 2.75) is 11.8 Å². The monoisotopic (exact) mass is 393 g/mol. The van der Waals surface area contributed by atoms with Crippen LogP contribution in [0.2, 0.25) is 0 Å². The van der Waals surface area contributed by atoms with Crippen molar-refractivity contribution in [3.05, 3.63) is 38.9 Å². The van der Waals surface area contributed by atoms with Gasteiger partial charge in [0, 0.05) is 4.47 Å². The molecule has 5 nitrogen and oxygen atoms in total. The number of nitrogens with one attached hydrogen (secondary N) is 2. The normalized spacial score (nSPS) is 11.5. The third kappa shape index (κ3) is 2.93. The zero-order chi connectivity index (χ0) is 13.3. The number of aromatic amines is 1. The molecule has 2 rings (SSSR count). The minimum Gasteiger partial charge on any atom is -0.263 e. The smallest absolute Gasteiger partial charge is 0.263 e. The zero-order valence-corrected chi connectivity index (χ0v) is 13.2. The number of sulfonamides is 1. The molecule has 8 heteroatoms. The van der Waals surface area contributed by atoms with E-state index >= 15 is 0 Å². The van der Waals surface area contributed by atoms with Crippen LogP contribution in [0.3, 0.4) is 0 Å². The molecule has 0 saturated heterocycles. The van der Waals surface area contributed by atoms with E-state index in [1.807, 2.05) is 13.0 Å². The van der Waals surface area contributed by atoms with Gasteiger partial charge in [0.25, 0.3) is 10.0 Å².